The number of hydrazone groups is 1. The zero-order chi connectivity index (χ0) is 17.4. The maximum absolute atomic E-state index is 11.7. The Morgan fingerprint density at radius 3 is 2.50 bits per heavy atom. The largest absolute Gasteiger partial charge is 0.493 e. The molecule has 0 aliphatic heterocycles. The first-order valence-corrected chi connectivity index (χ1v) is 6.92. The fourth-order valence-electron chi connectivity index (χ4n) is 1.77. The van der Waals surface area contributed by atoms with Gasteiger partial charge in [-0.1, -0.05) is 12.1 Å². The van der Waals surface area contributed by atoms with Crippen LogP contribution in [0.15, 0.2) is 53.6 Å². The van der Waals surface area contributed by atoms with Crippen molar-refractivity contribution in [1.29, 1.82) is 0 Å². The van der Waals surface area contributed by atoms with Gasteiger partial charge in [-0.2, -0.15) is 5.10 Å². The highest BCUT2D eigenvalue weighted by molar-refractivity contribution is 5.83. The smallest absolute Gasteiger partial charge is 0.277 e. The Bertz CT molecular complexity index is 744. The molecule has 2 aromatic carbocycles. The lowest BCUT2D eigenvalue weighted by molar-refractivity contribution is -0.384. The quantitative estimate of drug-likeness (QED) is 0.476. The molecule has 0 atom stereocenters. The van der Waals surface area contributed by atoms with E-state index < -0.39 is 10.8 Å². The van der Waals surface area contributed by atoms with Crippen molar-refractivity contribution in [2.45, 2.75) is 0 Å². The third kappa shape index (κ3) is 4.80. The number of nitrogens with zero attached hydrogens (tertiary/aromatic N) is 2. The maximum Gasteiger partial charge on any atom is 0.277 e. The third-order valence-electron chi connectivity index (χ3n) is 2.93. The van der Waals surface area contributed by atoms with Crippen LogP contribution in [-0.4, -0.2) is 30.8 Å². The molecule has 0 aromatic heterocycles. The summed E-state index contributed by atoms with van der Waals surface area (Å²) in [5.41, 5.74) is 2.91. The number of hydrogen-bond donors (Lipinski definition) is 1. The van der Waals surface area contributed by atoms with Gasteiger partial charge in [-0.05, 0) is 29.8 Å². The van der Waals surface area contributed by atoms with Crippen LogP contribution >= 0.6 is 0 Å². The molecule has 0 radical (unpaired) electrons. The van der Waals surface area contributed by atoms with Crippen molar-refractivity contribution in [3.05, 3.63) is 64.2 Å². The van der Waals surface area contributed by atoms with Gasteiger partial charge in [0, 0.05) is 12.1 Å². The summed E-state index contributed by atoms with van der Waals surface area (Å²) < 4.78 is 10.5. The number of carbonyl (C=O) groups is 1. The summed E-state index contributed by atoms with van der Waals surface area (Å²) in [7, 11) is 1.51. The van der Waals surface area contributed by atoms with E-state index in [0.29, 0.717) is 17.1 Å². The highest BCUT2D eigenvalue weighted by Crippen LogP contribution is 2.25. The molecule has 0 saturated carbocycles. The molecule has 0 saturated heterocycles. The van der Waals surface area contributed by atoms with Gasteiger partial charge in [0.1, 0.15) is 0 Å². The number of carbonyl (C=O) groups excluding carboxylic acids is 1. The second-order valence-electron chi connectivity index (χ2n) is 4.58. The van der Waals surface area contributed by atoms with Crippen LogP contribution in [0.1, 0.15) is 5.56 Å². The highest BCUT2D eigenvalue weighted by atomic mass is 16.6. The summed E-state index contributed by atoms with van der Waals surface area (Å²) in [6.07, 6.45) is 1.38. The number of nitro groups is 1. The number of ether oxygens (including phenoxy) is 2. The molecule has 124 valence electrons. The fourth-order valence-corrected chi connectivity index (χ4v) is 1.77. The van der Waals surface area contributed by atoms with Crippen molar-refractivity contribution in [2.24, 2.45) is 5.10 Å². The molecular weight excluding hydrogens is 314 g/mol. The number of hydrogen-bond acceptors (Lipinski definition) is 6. The van der Waals surface area contributed by atoms with Gasteiger partial charge in [0.05, 0.1) is 18.2 Å². The highest BCUT2D eigenvalue weighted by Gasteiger charge is 2.06. The average Bonchev–Trinajstić information content (AvgIpc) is 2.60. The zero-order valence-corrected chi connectivity index (χ0v) is 12.8. The number of para-hydroxylation sites is 2. The van der Waals surface area contributed by atoms with Crippen molar-refractivity contribution >= 4 is 17.8 Å². The molecule has 2 rings (SSSR count). The van der Waals surface area contributed by atoms with E-state index in [4.69, 9.17) is 9.47 Å². The van der Waals surface area contributed by atoms with E-state index in [1.807, 2.05) is 0 Å². The van der Waals surface area contributed by atoms with E-state index in [1.165, 1.54) is 37.6 Å². The molecule has 0 spiro atoms. The van der Waals surface area contributed by atoms with Crippen LogP contribution in [0.5, 0.6) is 11.5 Å². The lowest BCUT2D eigenvalue weighted by Gasteiger charge is -2.09. The molecule has 1 amide bonds. The monoisotopic (exact) mass is 329 g/mol. The number of nitro benzene ring substituents is 1. The number of nitrogens with one attached hydrogen (secondary N) is 1. The average molecular weight is 329 g/mol. The van der Waals surface area contributed by atoms with Gasteiger partial charge in [-0.3, -0.25) is 14.9 Å². The Hall–Kier alpha value is -3.42. The fraction of sp³-hybridized carbons (Fsp3) is 0.125. The Balaban J connectivity index is 1.83. The maximum atomic E-state index is 11.7. The van der Waals surface area contributed by atoms with Crippen LogP contribution in [0.25, 0.3) is 0 Å². The van der Waals surface area contributed by atoms with E-state index >= 15 is 0 Å². The van der Waals surface area contributed by atoms with Crippen LogP contribution in [0.4, 0.5) is 5.69 Å². The summed E-state index contributed by atoms with van der Waals surface area (Å²) in [4.78, 5) is 21.7. The second-order valence-corrected chi connectivity index (χ2v) is 4.58. The Morgan fingerprint density at radius 1 is 1.21 bits per heavy atom. The number of amides is 1. The number of non-ortho nitro benzene ring substituents is 1. The van der Waals surface area contributed by atoms with Crippen molar-refractivity contribution in [2.75, 3.05) is 13.7 Å². The van der Waals surface area contributed by atoms with E-state index in [2.05, 4.69) is 10.5 Å². The lowest BCUT2D eigenvalue weighted by Crippen LogP contribution is -2.24. The lowest BCUT2D eigenvalue weighted by atomic mass is 10.2. The Labute approximate surface area is 137 Å². The van der Waals surface area contributed by atoms with Crippen molar-refractivity contribution in [3.8, 4) is 11.5 Å². The van der Waals surface area contributed by atoms with Crippen LogP contribution in [0.3, 0.4) is 0 Å². The van der Waals surface area contributed by atoms with Crippen molar-refractivity contribution in [3.63, 3.8) is 0 Å². The Morgan fingerprint density at radius 2 is 1.88 bits per heavy atom. The molecule has 0 unspecified atom stereocenters. The summed E-state index contributed by atoms with van der Waals surface area (Å²) >= 11 is 0. The predicted molar refractivity (Wildman–Crippen MR) is 87.3 cm³/mol. The standard InChI is InChI=1S/C16H15N3O5/c1-23-14-4-2-3-5-15(14)24-11-16(20)18-17-10-12-6-8-13(9-7-12)19(21)22/h2-10H,11H2,1H3,(H,18,20)/b17-10+. The normalized spacial score (nSPS) is 10.4. The first-order chi connectivity index (χ1) is 11.6. The van der Waals surface area contributed by atoms with E-state index in [9.17, 15) is 14.9 Å². The number of benzene rings is 2. The number of methoxy groups -OCH3 is 1. The third-order valence-corrected chi connectivity index (χ3v) is 2.93. The van der Waals surface area contributed by atoms with Crippen LogP contribution < -0.4 is 14.9 Å². The van der Waals surface area contributed by atoms with Crippen LogP contribution in [0.2, 0.25) is 0 Å². The zero-order valence-electron chi connectivity index (χ0n) is 12.8. The molecule has 2 aromatic rings. The van der Waals surface area contributed by atoms with E-state index in [1.54, 1.807) is 24.3 Å². The molecule has 24 heavy (non-hydrogen) atoms. The molecule has 0 fully saturated rings. The van der Waals surface area contributed by atoms with Gasteiger partial charge < -0.3 is 9.47 Å². The van der Waals surface area contributed by atoms with Crippen molar-refractivity contribution < 1.29 is 19.2 Å². The predicted octanol–water partition coefficient (Wildman–Crippen LogP) is 2.13. The molecule has 1 N–H and O–H groups in total. The van der Waals surface area contributed by atoms with Crippen molar-refractivity contribution in [1.82, 2.24) is 5.43 Å². The molecule has 0 aliphatic carbocycles. The summed E-state index contributed by atoms with van der Waals surface area (Å²) in [5.74, 6) is 0.535. The van der Waals surface area contributed by atoms with Gasteiger partial charge in [-0.25, -0.2) is 5.43 Å². The summed E-state index contributed by atoms with van der Waals surface area (Å²) in [6.45, 7) is -0.224. The SMILES string of the molecule is COc1ccccc1OCC(=O)N/N=C/c1ccc([N+](=O)[O-])cc1. The first kappa shape index (κ1) is 16.9. The molecule has 8 nitrogen and oxygen atoms in total. The number of rotatable bonds is 7. The van der Waals surface area contributed by atoms with Gasteiger partial charge in [-0.15, -0.1) is 0 Å². The Kier molecular flexibility index (Phi) is 5.84. The molecule has 0 heterocycles. The summed E-state index contributed by atoms with van der Waals surface area (Å²) in [5, 5.41) is 14.3. The van der Waals surface area contributed by atoms with Gasteiger partial charge in [0.25, 0.3) is 11.6 Å². The minimum absolute atomic E-state index is 0.0126. The topological polar surface area (TPSA) is 103 Å². The van der Waals surface area contributed by atoms with Gasteiger partial charge >= 0.3 is 0 Å². The van der Waals surface area contributed by atoms with E-state index in [-0.39, 0.29) is 12.3 Å². The first-order valence-electron chi connectivity index (χ1n) is 6.92. The summed E-state index contributed by atoms with van der Waals surface area (Å²) in [6, 6.07) is 12.7. The molecule has 0 aliphatic rings. The van der Waals surface area contributed by atoms with Crippen LogP contribution in [0, 0.1) is 10.1 Å². The minimum Gasteiger partial charge on any atom is -0.493 e. The van der Waals surface area contributed by atoms with Crippen LogP contribution in [-0.2, 0) is 4.79 Å². The second kappa shape index (κ2) is 8.28. The molecule has 8 heteroatoms. The van der Waals surface area contributed by atoms with Gasteiger partial charge in [0.2, 0.25) is 0 Å². The van der Waals surface area contributed by atoms with E-state index in [0.717, 1.165) is 0 Å². The van der Waals surface area contributed by atoms with Gasteiger partial charge in [0.15, 0.2) is 18.1 Å². The molecule has 0 bridgehead atoms. The minimum atomic E-state index is -0.488. The molecular formula is C16H15N3O5.